The maximum Gasteiger partial charge on any atom is 0.259 e. The molecule has 0 aliphatic heterocycles. The smallest absolute Gasteiger partial charge is 0.259 e. The summed E-state index contributed by atoms with van der Waals surface area (Å²) in [4.78, 5) is 16.2. The third kappa shape index (κ3) is 3.50. The predicted molar refractivity (Wildman–Crippen MR) is 82.5 cm³/mol. The van der Waals surface area contributed by atoms with Gasteiger partial charge in [-0.05, 0) is 31.2 Å². The molecule has 1 amide bonds. The quantitative estimate of drug-likeness (QED) is 0.908. The highest BCUT2D eigenvalue weighted by molar-refractivity contribution is 6.32. The summed E-state index contributed by atoms with van der Waals surface area (Å²) in [5, 5.41) is 15.0. The summed E-state index contributed by atoms with van der Waals surface area (Å²) in [5.74, 6) is -0.292. The van der Waals surface area contributed by atoms with Crippen LogP contribution in [0.3, 0.4) is 0 Å². The maximum absolute atomic E-state index is 12.3. The molecular weight excluding hydrogens is 288 g/mol. The zero-order valence-electron chi connectivity index (χ0n) is 11.4. The minimum atomic E-state index is -0.292. The molecule has 0 atom stereocenters. The Bertz CT molecular complexity index is 709. The number of aromatic nitrogens is 1. The summed E-state index contributed by atoms with van der Waals surface area (Å²) in [5.41, 5.74) is 2.05. The Hall–Kier alpha value is -2.58. The molecule has 0 spiro atoms. The average Bonchev–Trinajstić information content (AvgIpc) is 2.48. The Labute approximate surface area is 127 Å². The van der Waals surface area contributed by atoms with Gasteiger partial charge in [0.25, 0.3) is 5.91 Å². The van der Waals surface area contributed by atoms with E-state index >= 15 is 0 Å². The molecule has 0 aliphatic rings. The van der Waals surface area contributed by atoms with Crippen LogP contribution in [0.4, 0.5) is 11.4 Å². The van der Waals surface area contributed by atoms with Crippen molar-refractivity contribution in [3.63, 3.8) is 0 Å². The number of anilines is 2. The molecule has 2 rings (SSSR count). The average molecular weight is 301 g/mol. The zero-order valence-corrected chi connectivity index (χ0v) is 12.1. The van der Waals surface area contributed by atoms with Crippen molar-refractivity contribution in [3.8, 4) is 6.07 Å². The molecule has 2 N–H and O–H groups in total. The Morgan fingerprint density at radius 1 is 1.43 bits per heavy atom. The summed E-state index contributed by atoms with van der Waals surface area (Å²) in [6, 6.07) is 8.44. The number of nitrogens with zero attached hydrogens (tertiary/aromatic N) is 2. The van der Waals surface area contributed by atoms with E-state index in [4.69, 9.17) is 16.9 Å². The first-order valence-corrected chi connectivity index (χ1v) is 6.72. The molecule has 21 heavy (non-hydrogen) atoms. The van der Waals surface area contributed by atoms with Gasteiger partial charge in [0.15, 0.2) is 0 Å². The van der Waals surface area contributed by atoms with Gasteiger partial charge in [-0.15, -0.1) is 0 Å². The van der Waals surface area contributed by atoms with Gasteiger partial charge in [-0.3, -0.25) is 9.78 Å². The van der Waals surface area contributed by atoms with Gasteiger partial charge >= 0.3 is 0 Å². The molecule has 0 saturated carbocycles. The van der Waals surface area contributed by atoms with Gasteiger partial charge in [0.05, 0.1) is 21.8 Å². The van der Waals surface area contributed by atoms with Crippen LogP contribution >= 0.6 is 11.6 Å². The number of amides is 1. The number of carbonyl (C=O) groups excluding carboxylic acids is 1. The van der Waals surface area contributed by atoms with Gasteiger partial charge in [-0.2, -0.15) is 5.26 Å². The Balaban J connectivity index is 2.22. The highest BCUT2D eigenvalue weighted by atomic mass is 35.5. The van der Waals surface area contributed by atoms with E-state index in [0.717, 1.165) is 0 Å². The first-order valence-electron chi connectivity index (χ1n) is 6.34. The summed E-state index contributed by atoms with van der Waals surface area (Å²) >= 11 is 5.94. The lowest BCUT2D eigenvalue weighted by Crippen LogP contribution is -2.15. The van der Waals surface area contributed by atoms with Crippen molar-refractivity contribution in [2.75, 3.05) is 17.2 Å². The van der Waals surface area contributed by atoms with Crippen molar-refractivity contribution in [2.24, 2.45) is 0 Å². The second kappa shape index (κ2) is 6.73. The minimum absolute atomic E-state index is 0.292. The molecule has 0 radical (unpaired) electrons. The Morgan fingerprint density at radius 2 is 2.24 bits per heavy atom. The van der Waals surface area contributed by atoms with E-state index in [-0.39, 0.29) is 5.91 Å². The first kappa shape index (κ1) is 14.8. The number of benzene rings is 1. The van der Waals surface area contributed by atoms with Gasteiger partial charge in [0.2, 0.25) is 0 Å². The topological polar surface area (TPSA) is 77.8 Å². The number of nitrogens with one attached hydrogen (secondary N) is 2. The molecule has 1 aromatic heterocycles. The minimum Gasteiger partial charge on any atom is -0.385 e. The highest BCUT2D eigenvalue weighted by Gasteiger charge is 2.12. The number of hydrogen-bond donors (Lipinski definition) is 2. The number of rotatable bonds is 4. The summed E-state index contributed by atoms with van der Waals surface area (Å²) in [7, 11) is 0. The lowest BCUT2D eigenvalue weighted by molar-refractivity contribution is 0.102. The Kier molecular flexibility index (Phi) is 4.75. The molecule has 106 valence electrons. The van der Waals surface area contributed by atoms with E-state index in [2.05, 4.69) is 15.6 Å². The number of halogens is 1. The van der Waals surface area contributed by atoms with Crippen molar-refractivity contribution in [1.29, 1.82) is 5.26 Å². The Morgan fingerprint density at radius 3 is 2.90 bits per heavy atom. The number of nitriles is 1. The molecule has 6 heteroatoms. The van der Waals surface area contributed by atoms with E-state index in [1.165, 1.54) is 6.20 Å². The SMILES string of the molecule is CCNc1ccncc1C(=O)Nc1ccc(C#N)c(Cl)c1. The standard InChI is InChI=1S/C15H13ClN4O/c1-2-19-14-5-6-18-9-12(14)15(21)20-11-4-3-10(8-17)13(16)7-11/h3-7,9H,2H2,1H3,(H,18,19)(H,20,21). The molecule has 2 aromatic rings. The first-order chi connectivity index (χ1) is 10.2. The van der Waals surface area contributed by atoms with Crippen LogP contribution < -0.4 is 10.6 Å². The van der Waals surface area contributed by atoms with Crippen LogP contribution in [-0.4, -0.2) is 17.4 Å². The lowest BCUT2D eigenvalue weighted by atomic mass is 10.2. The van der Waals surface area contributed by atoms with Gasteiger partial charge in [-0.1, -0.05) is 11.6 Å². The van der Waals surface area contributed by atoms with Crippen molar-refractivity contribution in [3.05, 3.63) is 52.8 Å². The second-order valence-electron chi connectivity index (χ2n) is 4.21. The summed E-state index contributed by atoms with van der Waals surface area (Å²) < 4.78 is 0. The molecule has 5 nitrogen and oxygen atoms in total. The van der Waals surface area contributed by atoms with E-state index in [9.17, 15) is 4.79 Å². The van der Waals surface area contributed by atoms with E-state index in [0.29, 0.717) is 34.1 Å². The van der Waals surface area contributed by atoms with Gasteiger partial charge < -0.3 is 10.6 Å². The molecule has 0 bridgehead atoms. The van der Waals surface area contributed by atoms with Crippen molar-refractivity contribution in [2.45, 2.75) is 6.92 Å². The third-order valence-corrected chi connectivity index (χ3v) is 3.09. The van der Waals surface area contributed by atoms with Crippen LogP contribution in [0.25, 0.3) is 0 Å². The van der Waals surface area contributed by atoms with Crippen molar-refractivity contribution < 1.29 is 4.79 Å². The highest BCUT2D eigenvalue weighted by Crippen LogP contribution is 2.21. The van der Waals surface area contributed by atoms with Gasteiger partial charge in [-0.25, -0.2) is 0 Å². The summed E-state index contributed by atoms with van der Waals surface area (Å²) in [6.45, 7) is 2.65. The zero-order chi connectivity index (χ0) is 15.2. The molecule has 0 fully saturated rings. The molecule has 0 aliphatic carbocycles. The van der Waals surface area contributed by atoms with Crippen LogP contribution in [0.1, 0.15) is 22.8 Å². The van der Waals surface area contributed by atoms with Crippen LogP contribution in [0.5, 0.6) is 0 Å². The molecule has 0 saturated heterocycles. The second-order valence-corrected chi connectivity index (χ2v) is 4.62. The van der Waals surface area contributed by atoms with Crippen molar-refractivity contribution >= 4 is 28.9 Å². The molecule has 0 unspecified atom stereocenters. The van der Waals surface area contributed by atoms with Gasteiger partial charge in [0.1, 0.15) is 6.07 Å². The largest absolute Gasteiger partial charge is 0.385 e. The van der Waals surface area contributed by atoms with E-state index in [1.807, 2.05) is 13.0 Å². The van der Waals surface area contributed by atoms with E-state index in [1.54, 1.807) is 30.5 Å². The number of pyridine rings is 1. The third-order valence-electron chi connectivity index (χ3n) is 2.78. The predicted octanol–water partition coefficient (Wildman–Crippen LogP) is 3.29. The molecule has 1 aromatic carbocycles. The fourth-order valence-electron chi connectivity index (χ4n) is 1.80. The van der Waals surface area contributed by atoms with Crippen LogP contribution in [-0.2, 0) is 0 Å². The summed E-state index contributed by atoms with van der Waals surface area (Å²) in [6.07, 6.45) is 3.12. The van der Waals surface area contributed by atoms with Crippen LogP contribution in [0.2, 0.25) is 5.02 Å². The number of carbonyl (C=O) groups is 1. The fourth-order valence-corrected chi connectivity index (χ4v) is 2.02. The maximum atomic E-state index is 12.3. The van der Waals surface area contributed by atoms with Crippen molar-refractivity contribution in [1.82, 2.24) is 4.98 Å². The lowest BCUT2D eigenvalue weighted by Gasteiger charge is -2.10. The van der Waals surface area contributed by atoms with Crippen LogP contribution in [0.15, 0.2) is 36.7 Å². The van der Waals surface area contributed by atoms with Gasteiger partial charge in [0, 0.05) is 24.6 Å². The normalized spacial score (nSPS) is 9.76. The van der Waals surface area contributed by atoms with E-state index < -0.39 is 0 Å². The molecular formula is C15H13ClN4O. The fraction of sp³-hybridized carbons (Fsp3) is 0.133. The number of hydrogen-bond acceptors (Lipinski definition) is 4. The monoisotopic (exact) mass is 300 g/mol. The molecule has 1 heterocycles. The van der Waals surface area contributed by atoms with Crippen LogP contribution in [0, 0.1) is 11.3 Å².